The molecule has 2 aromatic carbocycles. The van der Waals surface area contributed by atoms with E-state index in [9.17, 15) is 4.79 Å². The van der Waals surface area contributed by atoms with Gasteiger partial charge in [0.05, 0.1) is 11.4 Å². The van der Waals surface area contributed by atoms with Crippen LogP contribution >= 0.6 is 11.3 Å². The predicted molar refractivity (Wildman–Crippen MR) is 192 cm³/mol. The van der Waals surface area contributed by atoms with Gasteiger partial charge in [-0.3, -0.25) is 14.8 Å². The number of hydrogen-bond donors (Lipinski definition) is 1. The molecule has 0 saturated heterocycles. The van der Waals surface area contributed by atoms with Crippen molar-refractivity contribution in [2.75, 3.05) is 5.32 Å². The third-order valence-electron chi connectivity index (χ3n) is 5.43. The number of carbonyl (C=O) groups is 1. The minimum Gasteiger partial charge on any atom is -0.457 e. The second kappa shape index (κ2) is 20.8. The molecule has 0 radical (unpaired) electrons. The Balaban J connectivity index is 0.000000324. The molecule has 0 bridgehead atoms. The maximum Gasteiger partial charge on any atom is 0.257 e. The molecule has 0 atom stereocenters. The van der Waals surface area contributed by atoms with Gasteiger partial charge in [0.25, 0.3) is 5.91 Å². The van der Waals surface area contributed by atoms with E-state index in [0.717, 1.165) is 35.2 Å². The number of aryl methyl sites for hydroxylation is 2. The van der Waals surface area contributed by atoms with E-state index in [0.29, 0.717) is 28.3 Å². The summed E-state index contributed by atoms with van der Waals surface area (Å²) in [5.74, 6) is 3.38. The van der Waals surface area contributed by atoms with E-state index in [1.807, 2.05) is 93.2 Å². The fourth-order valence-electron chi connectivity index (χ4n) is 3.68. The van der Waals surface area contributed by atoms with Crippen LogP contribution in [0, 0.1) is 25.7 Å². The normalized spacial score (nSPS) is 11.0. The number of rotatable bonds is 5. The quantitative estimate of drug-likeness (QED) is 0.237. The van der Waals surface area contributed by atoms with Crippen LogP contribution in [-0.4, -0.2) is 25.9 Å². The van der Waals surface area contributed by atoms with E-state index in [1.54, 1.807) is 23.5 Å². The average molecular weight is 632 g/mol. The molecular weight excluding hydrogens is 579 g/mol. The number of fused-ring (bicyclic) bond motifs is 1. The van der Waals surface area contributed by atoms with Crippen molar-refractivity contribution in [2.24, 2.45) is 11.8 Å². The molecular formula is C37H53N5O2S. The second-order valence-electron chi connectivity index (χ2n) is 11.6. The number of hydrogen-bond acceptors (Lipinski definition) is 6. The molecule has 8 heteroatoms. The number of amides is 1. The van der Waals surface area contributed by atoms with Crippen LogP contribution in [0.1, 0.15) is 100 Å². The molecule has 4 aromatic rings. The van der Waals surface area contributed by atoms with Crippen molar-refractivity contribution in [1.82, 2.24) is 20.0 Å². The first-order chi connectivity index (χ1) is 21.3. The van der Waals surface area contributed by atoms with Crippen LogP contribution in [0.3, 0.4) is 0 Å². The molecule has 7 nitrogen and oxygen atoms in total. The van der Waals surface area contributed by atoms with Crippen LogP contribution < -0.4 is 10.1 Å². The molecule has 1 aliphatic heterocycles. The molecule has 1 amide bonds. The van der Waals surface area contributed by atoms with Crippen LogP contribution in [0.5, 0.6) is 5.75 Å². The Labute approximate surface area is 275 Å². The summed E-state index contributed by atoms with van der Waals surface area (Å²) in [5, 5.41) is 11.3. The Morgan fingerprint density at radius 3 is 2.07 bits per heavy atom. The van der Waals surface area contributed by atoms with Gasteiger partial charge in [-0.15, -0.1) is 16.4 Å². The van der Waals surface area contributed by atoms with E-state index in [-0.39, 0.29) is 5.91 Å². The smallest absolute Gasteiger partial charge is 0.257 e. The third kappa shape index (κ3) is 15.5. The van der Waals surface area contributed by atoms with Gasteiger partial charge >= 0.3 is 0 Å². The number of allylic oxidation sites excluding steroid dienone is 1. The minimum atomic E-state index is -0.111. The average Bonchev–Trinajstić information content (AvgIpc) is 3.58. The molecule has 3 heterocycles. The van der Waals surface area contributed by atoms with Crippen LogP contribution in [0.2, 0.25) is 0 Å². The summed E-state index contributed by atoms with van der Waals surface area (Å²) >= 11 is 1.55. The SMILES string of the molecule is C=C1C=Cc2ccccc2O1.CC.CC(C)C.Cc1cn(CC(C)C)nn1.Cc1nc(NC(=O)c2ccccc2)sc1C(C)C. The largest absolute Gasteiger partial charge is 0.457 e. The Morgan fingerprint density at radius 1 is 0.933 bits per heavy atom. The molecule has 244 valence electrons. The van der Waals surface area contributed by atoms with Crippen molar-refractivity contribution in [3.63, 3.8) is 0 Å². The number of ether oxygens (including phenoxy) is 1. The number of nitrogens with zero attached hydrogens (tertiary/aromatic N) is 4. The summed E-state index contributed by atoms with van der Waals surface area (Å²) in [6.07, 6.45) is 5.82. The molecule has 0 aliphatic carbocycles. The summed E-state index contributed by atoms with van der Waals surface area (Å²) in [6.45, 7) is 27.7. The van der Waals surface area contributed by atoms with Gasteiger partial charge in [-0.1, -0.05) is 111 Å². The van der Waals surface area contributed by atoms with Gasteiger partial charge in [0.2, 0.25) is 0 Å². The summed E-state index contributed by atoms with van der Waals surface area (Å²) in [4.78, 5) is 17.6. The second-order valence-corrected chi connectivity index (χ2v) is 12.6. The summed E-state index contributed by atoms with van der Waals surface area (Å²) < 4.78 is 7.23. The molecule has 0 fully saturated rings. The van der Waals surface area contributed by atoms with Gasteiger partial charge in [0, 0.05) is 28.7 Å². The van der Waals surface area contributed by atoms with Crippen LogP contribution in [0.15, 0.2) is 79.2 Å². The first-order valence-corrected chi connectivity index (χ1v) is 16.5. The highest BCUT2D eigenvalue weighted by atomic mass is 32.1. The lowest BCUT2D eigenvalue weighted by atomic mass is 10.1. The van der Waals surface area contributed by atoms with E-state index >= 15 is 0 Å². The van der Waals surface area contributed by atoms with Gasteiger partial charge in [-0.2, -0.15) is 0 Å². The summed E-state index contributed by atoms with van der Waals surface area (Å²) in [6, 6.07) is 17.1. The highest BCUT2D eigenvalue weighted by Crippen LogP contribution is 2.29. The molecule has 0 unspecified atom stereocenters. The number of para-hydroxylation sites is 1. The standard InChI is InChI=1S/C14H16N2OS.C10H8O.C7H13N3.C4H10.C2H6/c1-9(2)12-10(3)15-14(18-12)16-13(17)11-7-5-4-6-8-11;1-8-6-7-9-4-2-3-5-10(9)11-8;1-6(2)4-10-5-7(3)8-9-10;1-4(2)3;1-2/h4-9H,1-3H3,(H,15,16,17);2-7H,1H2;5-6H,4H2,1-3H3;4H,1-3H3;1-2H3. The lowest BCUT2D eigenvalue weighted by molar-refractivity contribution is 0.102. The molecule has 0 spiro atoms. The number of nitrogens with one attached hydrogen (secondary N) is 1. The van der Waals surface area contributed by atoms with Gasteiger partial charge in [0.15, 0.2) is 5.13 Å². The Kier molecular flexibility index (Phi) is 18.0. The van der Waals surface area contributed by atoms with Crippen LogP contribution in [0.4, 0.5) is 5.13 Å². The van der Waals surface area contributed by atoms with Gasteiger partial charge < -0.3 is 4.74 Å². The first kappa shape index (κ1) is 39.0. The van der Waals surface area contributed by atoms with E-state index < -0.39 is 0 Å². The summed E-state index contributed by atoms with van der Waals surface area (Å²) in [7, 11) is 0. The van der Waals surface area contributed by atoms with E-state index in [1.165, 1.54) is 4.88 Å². The van der Waals surface area contributed by atoms with Crippen molar-refractivity contribution in [1.29, 1.82) is 0 Å². The zero-order valence-electron chi connectivity index (χ0n) is 29.1. The van der Waals surface area contributed by atoms with Crippen LogP contribution in [0.25, 0.3) is 6.08 Å². The monoisotopic (exact) mass is 631 g/mol. The lowest BCUT2D eigenvalue weighted by Crippen LogP contribution is -2.11. The lowest BCUT2D eigenvalue weighted by Gasteiger charge is -2.12. The Bertz CT molecular complexity index is 1450. The number of aromatic nitrogens is 4. The fourth-order valence-corrected chi connectivity index (χ4v) is 4.65. The molecule has 45 heavy (non-hydrogen) atoms. The highest BCUT2D eigenvalue weighted by Gasteiger charge is 2.13. The van der Waals surface area contributed by atoms with Gasteiger partial charge in [-0.25, -0.2) is 4.98 Å². The van der Waals surface area contributed by atoms with Crippen molar-refractivity contribution >= 4 is 28.5 Å². The minimum absolute atomic E-state index is 0.111. The third-order valence-corrected chi connectivity index (χ3v) is 6.80. The van der Waals surface area contributed by atoms with E-state index in [2.05, 4.69) is 75.7 Å². The molecule has 2 aromatic heterocycles. The van der Waals surface area contributed by atoms with Crippen molar-refractivity contribution in [2.45, 2.75) is 88.6 Å². The zero-order valence-corrected chi connectivity index (χ0v) is 29.9. The Hall–Kier alpha value is -4.04. The van der Waals surface area contributed by atoms with E-state index in [4.69, 9.17) is 4.74 Å². The van der Waals surface area contributed by atoms with Gasteiger partial charge in [-0.05, 0) is 62.0 Å². The predicted octanol–water partition coefficient (Wildman–Crippen LogP) is 10.4. The highest BCUT2D eigenvalue weighted by molar-refractivity contribution is 7.16. The van der Waals surface area contributed by atoms with Crippen molar-refractivity contribution in [3.8, 4) is 5.75 Å². The number of anilines is 1. The Morgan fingerprint density at radius 2 is 1.53 bits per heavy atom. The van der Waals surface area contributed by atoms with Crippen LogP contribution in [-0.2, 0) is 6.54 Å². The number of benzene rings is 2. The maximum absolute atomic E-state index is 12.0. The van der Waals surface area contributed by atoms with Gasteiger partial charge in [0.1, 0.15) is 11.5 Å². The first-order valence-electron chi connectivity index (χ1n) is 15.7. The number of carbonyl (C=O) groups excluding carboxylic acids is 1. The molecule has 5 rings (SSSR count). The summed E-state index contributed by atoms with van der Waals surface area (Å²) in [5.41, 5.74) is 3.75. The number of thiazole rings is 1. The topological polar surface area (TPSA) is 81.9 Å². The molecule has 0 saturated carbocycles. The van der Waals surface area contributed by atoms with Crippen molar-refractivity contribution < 1.29 is 9.53 Å². The maximum atomic E-state index is 12.0. The molecule has 1 aliphatic rings. The fraction of sp³-hybridized carbons (Fsp3) is 0.405. The molecule has 1 N–H and O–H groups in total. The van der Waals surface area contributed by atoms with Crippen molar-refractivity contribution in [3.05, 3.63) is 107 Å². The zero-order chi connectivity index (χ0) is 33.9.